The van der Waals surface area contributed by atoms with Gasteiger partial charge in [-0.2, -0.15) is 0 Å². The predicted octanol–water partition coefficient (Wildman–Crippen LogP) is 5.09. The highest BCUT2D eigenvalue weighted by atomic mass is 35.5. The molecule has 3 rings (SSSR count). The molecule has 0 aliphatic rings. The second-order valence-corrected chi connectivity index (χ2v) is 5.66. The third kappa shape index (κ3) is 3.12. The molecule has 1 unspecified atom stereocenters. The molecule has 2 aromatic carbocycles. The van der Waals surface area contributed by atoms with Gasteiger partial charge in [0, 0.05) is 12.1 Å². The average Bonchev–Trinajstić information content (AvgIpc) is 3.03. The van der Waals surface area contributed by atoms with Gasteiger partial charge in [-0.3, -0.25) is 0 Å². The zero-order valence-electron chi connectivity index (χ0n) is 11.3. The quantitative estimate of drug-likeness (QED) is 0.713. The van der Waals surface area contributed by atoms with Crippen LogP contribution in [0.25, 0.3) is 0 Å². The highest BCUT2D eigenvalue weighted by Crippen LogP contribution is 2.35. The summed E-state index contributed by atoms with van der Waals surface area (Å²) in [6.45, 7) is 0. The van der Waals surface area contributed by atoms with Crippen molar-refractivity contribution < 1.29 is 0 Å². The van der Waals surface area contributed by atoms with Crippen LogP contribution in [0.15, 0.2) is 61.1 Å². The highest BCUT2D eigenvalue weighted by molar-refractivity contribution is 6.42. The molecule has 2 nitrogen and oxygen atoms in total. The summed E-state index contributed by atoms with van der Waals surface area (Å²) in [4.78, 5) is 7.42. The summed E-state index contributed by atoms with van der Waals surface area (Å²) in [5.41, 5.74) is 3.20. The molecule has 0 saturated carbocycles. The molecule has 0 radical (unpaired) electrons. The van der Waals surface area contributed by atoms with Gasteiger partial charge in [-0.25, -0.2) is 4.98 Å². The lowest BCUT2D eigenvalue weighted by Gasteiger charge is -2.17. The summed E-state index contributed by atoms with van der Waals surface area (Å²) in [6, 6.07) is 16.0. The van der Waals surface area contributed by atoms with E-state index in [2.05, 4.69) is 22.1 Å². The van der Waals surface area contributed by atoms with E-state index in [4.69, 9.17) is 23.2 Å². The Labute approximate surface area is 133 Å². The fourth-order valence-electron chi connectivity index (χ4n) is 2.48. The minimum absolute atomic E-state index is 0.0739. The number of hydrogen-bond donors (Lipinski definition) is 1. The smallest absolute Gasteiger partial charge is 0.0923 e. The van der Waals surface area contributed by atoms with Gasteiger partial charge in [0.05, 0.1) is 22.1 Å². The number of aromatic amines is 1. The Morgan fingerprint density at radius 1 is 1.00 bits per heavy atom. The van der Waals surface area contributed by atoms with Crippen LogP contribution in [0, 0.1) is 0 Å². The molecule has 4 heteroatoms. The van der Waals surface area contributed by atoms with E-state index in [-0.39, 0.29) is 5.92 Å². The van der Waals surface area contributed by atoms with Crippen molar-refractivity contribution in [2.45, 2.75) is 12.3 Å². The lowest BCUT2D eigenvalue weighted by atomic mass is 9.89. The Morgan fingerprint density at radius 3 is 2.52 bits per heavy atom. The fraction of sp³-hybridized carbons (Fsp3) is 0.118. The summed E-state index contributed by atoms with van der Waals surface area (Å²) in [7, 11) is 0. The zero-order chi connectivity index (χ0) is 14.7. The maximum Gasteiger partial charge on any atom is 0.0923 e. The van der Waals surface area contributed by atoms with E-state index in [0.29, 0.717) is 10.0 Å². The van der Waals surface area contributed by atoms with Crippen LogP contribution in [0.4, 0.5) is 0 Å². The number of nitrogens with zero attached hydrogens (tertiary/aromatic N) is 1. The van der Waals surface area contributed by atoms with E-state index in [1.165, 1.54) is 5.56 Å². The summed E-state index contributed by atoms with van der Waals surface area (Å²) >= 11 is 12.6. The van der Waals surface area contributed by atoms with Crippen molar-refractivity contribution in [3.05, 3.63) is 87.9 Å². The molecular formula is C17H14Cl2N2. The number of rotatable bonds is 4. The summed E-state index contributed by atoms with van der Waals surface area (Å²) < 4.78 is 0. The normalized spacial score (nSPS) is 12.3. The minimum Gasteiger partial charge on any atom is -0.351 e. The number of imidazole rings is 1. The first-order valence-corrected chi connectivity index (χ1v) is 7.48. The predicted molar refractivity (Wildman–Crippen MR) is 87.0 cm³/mol. The molecule has 0 spiro atoms. The average molecular weight is 317 g/mol. The topological polar surface area (TPSA) is 28.7 Å². The molecule has 0 aliphatic heterocycles. The van der Waals surface area contributed by atoms with Crippen molar-refractivity contribution >= 4 is 23.2 Å². The van der Waals surface area contributed by atoms with E-state index in [0.717, 1.165) is 17.7 Å². The standard InChI is InChI=1S/C17H14Cl2N2/c18-15-8-4-7-13(17(15)19)14(16-10-20-11-21-16)9-12-5-2-1-3-6-12/h1-8,10-11,14H,9H2,(H,20,21). The fourth-order valence-corrected chi connectivity index (χ4v) is 2.92. The Bertz CT molecular complexity index is 709. The molecule has 1 N–H and O–H groups in total. The maximum absolute atomic E-state index is 6.40. The maximum atomic E-state index is 6.40. The van der Waals surface area contributed by atoms with Crippen molar-refractivity contribution in [3.8, 4) is 0 Å². The van der Waals surface area contributed by atoms with Gasteiger partial charge in [0.25, 0.3) is 0 Å². The number of halogens is 2. The van der Waals surface area contributed by atoms with Crippen LogP contribution < -0.4 is 0 Å². The largest absolute Gasteiger partial charge is 0.351 e. The molecule has 1 atom stereocenters. The number of benzene rings is 2. The van der Waals surface area contributed by atoms with Gasteiger partial charge in [0.15, 0.2) is 0 Å². The van der Waals surface area contributed by atoms with Gasteiger partial charge in [-0.15, -0.1) is 0 Å². The Balaban J connectivity index is 2.03. The van der Waals surface area contributed by atoms with Crippen LogP contribution in [-0.2, 0) is 6.42 Å². The number of nitrogens with one attached hydrogen (secondary N) is 1. The van der Waals surface area contributed by atoms with Crippen molar-refractivity contribution in [2.24, 2.45) is 0 Å². The molecule has 21 heavy (non-hydrogen) atoms. The van der Waals surface area contributed by atoms with Crippen LogP contribution >= 0.6 is 23.2 Å². The van der Waals surface area contributed by atoms with Gasteiger partial charge in [0.2, 0.25) is 0 Å². The molecule has 0 bridgehead atoms. The number of aromatic nitrogens is 2. The lowest BCUT2D eigenvalue weighted by molar-refractivity contribution is 0.780. The molecule has 0 fully saturated rings. The molecular weight excluding hydrogens is 303 g/mol. The van der Waals surface area contributed by atoms with Crippen LogP contribution in [0.1, 0.15) is 22.7 Å². The molecule has 0 saturated heterocycles. The van der Waals surface area contributed by atoms with Gasteiger partial charge in [0.1, 0.15) is 0 Å². The first kappa shape index (κ1) is 14.2. The second-order valence-electron chi connectivity index (χ2n) is 4.88. The molecule has 1 aromatic heterocycles. The monoisotopic (exact) mass is 316 g/mol. The van der Waals surface area contributed by atoms with Gasteiger partial charge >= 0.3 is 0 Å². The highest BCUT2D eigenvalue weighted by Gasteiger charge is 2.20. The van der Waals surface area contributed by atoms with Gasteiger partial charge < -0.3 is 4.98 Å². The van der Waals surface area contributed by atoms with Crippen LogP contribution in [0.5, 0.6) is 0 Å². The molecule has 3 aromatic rings. The zero-order valence-corrected chi connectivity index (χ0v) is 12.8. The number of H-pyrrole nitrogens is 1. The Morgan fingerprint density at radius 2 is 1.81 bits per heavy atom. The van der Waals surface area contributed by atoms with E-state index in [1.807, 2.05) is 36.5 Å². The SMILES string of the molecule is Clc1cccc(C(Cc2ccccc2)c2c[nH]cn2)c1Cl. The summed E-state index contributed by atoms with van der Waals surface area (Å²) in [6.07, 6.45) is 4.42. The first-order chi connectivity index (χ1) is 10.3. The number of hydrogen-bond acceptors (Lipinski definition) is 1. The van der Waals surface area contributed by atoms with Crippen molar-refractivity contribution in [1.29, 1.82) is 0 Å². The van der Waals surface area contributed by atoms with Crippen LogP contribution in [-0.4, -0.2) is 9.97 Å². The van der Waals surface area contributed by atoms with Gasteiger partial charge in [-0.1, -0.05) is 65.7 Å². The summed E-state index contributed by atoms with van der Waals surface area (Å²) in [5.74, 6) is 0.0739. The first-order valence-electron chi connectivity index (χ1n) is 6.72. The van der Waals surface area contributed by atoms with Gasteiger partial charge in [-0.05, 0) is 23.6 Å². The second kappa shape index (κ2) is 6.33. The molecule has 1 heterocycles. The Hall–Kier alpha value is -1.77. The molecule has 106 valence electrons. The minimum atomic E-state index is 0.0739. The van der Waals surface area contributed by atoms with Crippen molar-refractivity contribution in [3.63, 3.8) is 0 Å². The van der Waals surface area contributed by atoms with Crippen LogP contribution in [0.3, 0.4) is 0 Å². The van der Waals surface area contributed by atoms with Crippen LogP contribution in [0.2, 0.25) is 10.0 Å². The third-order valence-corrected chi connectivity index (χ3v) is 4.35. The Kier molecular flexibility index (Phi) is 4.28. The van der Waals surface area contributed by atoms with E-state index >= 15 is 0 Å². The van der Waals surface area contributed by atoms with E-state index in [9.17, 15) is 0 Å². The molecule has 0 amide bonds. The molecule has 0 aliphatic carbocycles. The third-order valence-electron chi connectivity index (χ3n) is 3.52. The summed E-state index contributed by atoms with van der Waals surface area (Å²) in [5, 5.41) is 1.17. The van der Waals surface area contributed by atoms with Crippen molar-refractivity contribution in [2.75, 3.05) is 0 Å². The van der Waals surface area contributed by atoms with E-state index < -0.39 is 0 Å². The lowest BCUT2D eigenvalue weighted by Crippen LogP contribution is -2.06. The van der Waals surface area contributed by atoms with Crippen molar-refractivity contribution in [1.82, 2.24) is 9.97 Å². The van der Waals surface area contributed by atoms with E-state index in [1.54, 1.807) is 12.4 Å².